The monoisotopic (exact) mass is 366 g/mol. The summed E-state index contributed by atoms with van der Waals surface area (Å²) >= 11 is 1.24. The second-order valence-electron chi connectivity index (χ2n) is 5.82. The normalized spacial score (nSPS) is 12.4. The van der Waals surface area contributed by atoms with Crippen LogP contribution in [-0.2, 0) is 0 Å². The number of fused-ring (bicyclic) bond motifs is 1. The molecule has 0 aliphatic carbocycles. The van der Waals surface area contributed by atoms with Crippen LogP contribution < -0.4 is 0 Å². The molecule has 1 atom stereocenters. The molecule has 0 amide bonds. The molecule has 0 bridgehead atoms. The fourth-order valence-electron chi connectivity index (χ4n) is 2.78. The van der Waals surface area contributed by atoms with E-state index in [1.54, 1.807) is 24.4 Å². The number of aromatic amines is 2. The molecule has 0 unspecified atom stereocenters. The minimum absolute atomic E-state index is 0.00954. The van der Waals surface area contributed by atoms with E-state index in [0.717, 1.165) is 10.9 Å². The van der Waals surface area contributed by atoms with Crippen molar-refractivity contribution in [2.45, 2.75) is 17.3 Å². The van der Waals surface area contributed by atoms with Gasteiger partial charge >= 0.3 is 0 Å². The number of rotatable bonds is 5. The van der Waals surface area contributed by atoms with Crippen molar-refractivity contribution in [1.82, 2.24) is 20.2 Å². The van der Waals surface area contributed by atoms with Crippen molar-refractivity contribution in [1.29, 1.82) is 0 Å². The molecule has 0 spiro atoms. The van der Waals surface area contributed by atoms with Crippen molar-refractivity contribution >= 4 is 28.4 Å². The van der Waals surface area contributed by atoms with Gasteiger partial charge in [0.1, 0.15) is 5.82 Å². The molecule has 2 heterocycles. The first kappa shape index (κ1) is 16.5. The number of H-pyrrole nitrogens is 2. The molecule has 2 aromatic heterocycles. The van der Waals surface area contributed by atoms with Gasteiger partial charge in [-0.05, 0) is 25.1 Å². The van der Waals surface area contributed by atoms with Gasteiger partial charge in [0.2, 0.25) is 5.16 Å². The molecule has 0 fully saturated rings. The van der Waals surface area contributed by atoms with Gasteiger partial charge in [0, 0.05) is 22.7 Å². The quantitative estimate of drug-likeness (QED) is 0.404. The first-order valence-corrected chi connectivity index (χ1v) is 8.96. The van der Waals surface area contributed by atoms with E-state index in [2.05, 4.69) is 20.2 Å². The Kier molecular flexibility index (Phi) is 4.30. The van der Waals surface area contributed by atoms with Crippen LogP contribution in [0.4, 0.5) is 4.39 Å². The van der Waals surface area contributed by atoms with Gasteiger partial charge < -0.3 is 4.98 Å². The maximum absolute atomic E-state index is 13.9. The van der Waals surface area contributed by atoms with Crippen LogP contribution in [-0.4, -0.2) is 31.2 Å². The molecule has 4 aromatic rings. The third-order valence-electron chi connectivity index (χ3n) is 4.10. The second kappa shape index (κ2) is 6.76. The summed E-state index contributed by atoms with van der Waals surface area (Å²) in [4.78, 5) is 20.2. The van der Waals surface area contributed by atoms with E-state index in [0.29, 0.717) is 22.1 Å². The number of hydrogen-bond acceptors (Lipinski definition) is 4. The number of hydrogen-bond donors (Lipinski definition) is 2. The smallest absolute Gasteiger partial charge is 0.209 e. The third-order valence-corrected chi connectivity index (χ3v) is 5.06. The number of thioether (sulfide) groups is 1. The van der Waals surface area contributed by atoms with Crippen LogP contribution in [0.3, 0.4) is 0 Å². The highest BCUT2D eigenvalue weighted by Gasteiger charge is 2.22. The Hall–Kier alpha value is -2.93. The number of carbonyl (C=O) groups is 1. The summed E-state index contributed by atoms with van der Waals surface area (Å²) in [5.41, 5.74) is 1.92. The van der Waals surface area contributed by atoms with Crippen LogP contribution in [0.15, 0.2) is 59.9 Å². The molecular weight excluding hydrogens is 351 g/mol. The Labute approximate surface area is 153 Å². The summed E-state index contributed by atoms with van der Waals surface area (Å²) < 4.78 is 13.9. The summed E-state index contributed by atoms with van der Waals surface area (Å²) in [5, 5.41) is 7.76. The fraction of sp³-hybridized carbons (Fsp3) is 0.105. The Morgan fingerprint density at radius 3 is 2.77 bits per heavy atom. The van der Waals surface area contributed by atoms with Crippen molar-refractivity contribution in [3.05, 3.63) is 66.1 Å². The lowest BCUT2D eigenvalue weighted by molar-refractivity contribution is 0.0995. The van der Waals surface area contributed by atoms with Gasteiger partial charge in [-0.2, -0.15) is 0 Å². The number of ketones is 1. The number of para-hydroxylation sites is 1. The molecule has 2 aromatic carbocycles. The third kappa shape index (κ3) is 3.01. The topological polar surface area (TPSA) is 74.4 Å². The highest BCUT2D eigenvalue weighted by Crippen LogP contribution is 2.28. The van der Waals surface area contributed by atoms with E-state index >= 15 is 0 Å². The largest absolute Gasteiger partial charge is 0.360 e. The van der Waals surface area contributed by atoms with Gasteiger partial charge in [-0.1, -0.05) is 42.1 Å². The second-order valence-corrected chi connectivity index (χ2v) is 7.13. The summed E-state index contributed by atoms with van der Waals surface area (Å²) in [6.07, 6.45) is 1.73. The zero-order valence-corrected chi connectivity index (χ0v) is 14.7. The molecule has 0 aliphatic heterocycles. The molecule has 26 heavy (non-hydrogen) atoms. The fourth-order valence-corrected chi connectivity index (χ4v) is 3.57. The predicted octanol–water partition coefficient (Wildman–Crippen LogP) is 4.46. The van der Waals surface area contributed by atoms with Gasteiger partial charge in [0.25, 0.3) is 0 Å². The Morgan fingerprint density at radius 2 is 1.92 bits per heavy atom. The molecule has 2 N–H and O–H groups in total. The summed E-state index contributed by atoms with van der Waals surface area (Å²) in [5.74, 6) is -0.0369. The summed E-state index contributed by atoms with van der Waals surface area (Å²) in [6.45, 7) is 1.81. The number of aromatic nitrogens is 4. The van der Waals surface area contributed by atoms with E-state index in [1.807, 2.05) is 31.2 Å². The number of carbonyl (C=O) groups excluding carboxylic acids is 1. The molecular formula is C19H15FN4OS. The Balaban J connectivity index is 1.54. The molecule has 130 valence electrons. The van der Waals surface area contributed by atoms with E-state index in [9.17, 15) is 9.18 Å². The standard InChI is InChI=1S/C19H15FN4OS/c1-11(17(25)14-10-21-16-9-5-3-6-12(14)16)26-19-22-18(23-24-19)13-7-2-4-8-15(13)20/h2-11,21H,1H3,(H,22,23,24)/t11-/m1/s1. The maximum atomic E-state index is 13.9. The molecule has 4 rings (SSSR count). The summed E-state index contributed by atoms with van der Waals surface area (Å²) in [6, 6.07) is 14.0. The number of nitrogens with one attached hydrogen (secondary N) is 2. The SMILES string of the molecule is C[C@@H](Sc1n[nH]c(-c2ccccc2F)n1)C(=O)c1c[nH]c2ccccc12. The lowest BCUT2D eigenvalue weighted by atomic mass is 10.1. The summed E-state index contributed by atoms with van der Waals surface area (Å²) in [7, 11) is 0. The van der Waals surface area contributed by atoms with Gasteiger partial charge in [-0.3, -0.25) is 9.89 Å². The zero-order chi connectivity index (χ0) is 18.1. The molecule has 7 heteroatoms. The van der Waals surface area contributed by atoms with Crippen LogP contribution in [0, 0.1) is 5.82 Å². The van der Waals surface area contributed by atoms with Crippen LogP contribution >= 0.6 is 11.8 Å². The first-order valence-electron chi connectivity index (χ1n) is 8.08. The number of benzene rings is 2. The first-order chi connectivity index (χ1) is 12.6. The van der Waals surface area contributed by atoms with E-state index < -0.39 is 0 Å². The molecule has 0 saturated carbocycles. The number of Topliss-reactive ketones (excluding diaryl/α,β-unsaturated/α-hetero) is 1. The highest BCUT2D eigenvalue weighted by molar-refractivity contribution is 8.00. The van der Waals surface area contributed by atoms with E-state index in [4.69, 9.17) is 0 Å². The zero-order valence-electron chi connectivity index (χ0n) is 13.9. The maximum Gasteiger partial charge on any atom is 0.209 e. The van der Waals surface area contributed by atoms with Crippen LogP contribution in [0.5, 0.6) is 0 Å². The van der Waals surface area contributed by atoms with Gasteiger partial charge in [0.05, 0.1) is 10.8 Å². The van der Waals surface area contributed by atoms with Gasteiger partial charge in [0.15, 0.2) is 11.6 Å². The van der Waals surface area contributed by atoms with Crippen molar-refractivity contribution < 1.29 is 9.18 Å². The van der Waals surface area contributed by atoms with Crippen molar-refractivity contribution in [3.63, 3.8) is 0 Å². The van der Waals surface area contributed by atoms with Crippen molar-refractivity contribution in [2.24, 2.45) is 0 Å². The molecule has 5 nitrogen and oxygen atoms in total. The van der Waals surface area contributed by atoms with Crippen molar-refractivity contribution in [3.8, 4) is 11.4 Å². The predicted molar refractivity (Wildman–Crippen MR) is 99.7 cm³/mol. The average Bonchev–Trinajstić information content (AvgIpc) is 3.28. The minimum Gasteiger partial charge on any atom is -0.360 e. The number of nitrogens with zero attached hydrogens (tertiary/aromatic N) is 2. The van der Waals surface area contributed by atoms with Gasteiger partial charge in [-0.15, -0.1) is 5.10 Å². The molecule has 0 radical (unpaired) electrons. The Bertz CT molecular complexity index is 1090. The Morgan fingerprint density at radius 1 is 1.15 bits per heavy atom. The van der Waals surface area contributed by atoms with Crippen LogP contribution in [0.1, 0.15) is 17.3 Å². The average molecular weight is 366 g/mol. The van der Waals surface area contributed by atoms with Crippen LogP contribution in [0.25, 0.3) is 22.3 Å². The minimum atomic E-state index is -0.376. The van der Waals surface area contributed by atoms with Gasteiger partial charge in [-0.25, -0.2) is 9.37 Å². The van der Waals surface area contributed by atoms with E-state index in [-0.39, 0.29) is 16.9 Å². The molecule has 0 saturated heterocycles. The van der Waals surface area contributed by atoms with E-state index in [1.165, 1.54) is 17.8 Å². The number of halogens is 1. The van der Waals surface area contributed by atoms with Crippen LogP contribution in [0.2, 0.25) is 0 Å². The van der Waals surface area contributed by atoms with Crippen molar-refractivity contribution in [2.75, 3.05) is 0 Å². The highest BCUT2D eigenvalue weighted by atomic mass is 32.2. The molecule has 0 aliphatic rings. The lowest BCUT2D eigenvalue weighted by Crippen LogP contribution is -2.13. The lowest BCUT2D eigenvalue weighted by Gasteiger charge is -2.06.